The highest BCUT2D eigenvalue weighted by atomic mass is 35.5. The van der Waals surface area contributed by atoms with Crippen LogP contribution in [0.25, 0.3) is 0 Å². The molecule has 1 aromatic carbocycles. The summed E-state index contributed by atoms with van der Waals surface area (Å²) < 4.78 is 0. The van der Waals surface area contributed by atoms with Gasteiger partial charge in [-0.25, -0.2) is 4.98 Å². The number of halogens is 1. The fourth-order valence-corrected chi connectivity index (χ4v) is 2.24. The summed E-state index contributed by atoms with van der Waals surface area (Å²) in [6.45, 7) is 0.407. The van der Waals surface area contributed by atoms with Crippen LogP contribution in [0.15, 0.2) is 29.1 Å². The van der Waals surface area contributed by atoms with Crippen molar-refractivity contribution in [2.75, 3.05) is 7.05 Å². The second-order valence-electron chi connectivity index (χ2n) is 3.80. The quantitative estimate of drug-likeness (QED) is 0.942. The molecule has 6 heteroatoms. The number of carbonyl (C=O) groups is 1. The Hall–Kier alpha value is -1.59. The number of amides is 1. The highest BCUT2D eigenvalue weighted by Crippen LogP contribution is 2.23. The molecule has 0 aliphatic rings. The highest BCUT2D eigenvalue weighted by Gasteiger charge is 2.16. The number of thiazole rings is 1. The van der Waals surface area contributed by atoms with Gasteiger partial charge in [0.1, 0.15) is 5.75 Å². The van der Waals surface area contributed by atoms with Gasteiger partial charge in [-0.05, 0) is 18.2 Å². The van der Waals surface area contributed by atoms with E-state index in [-0.39, 0.29) is 17.2 Å². The second-order valence-corrected chi connectivity index (χ2v) is 4.96. The molecule has 4 nitrogen and oxygen atoms in total. The molecular formula is C12H11ClN2O2S. The number of rotatable bonds is 3. The van der Waals surface area contributed by atoms with Crippen LogP contribution in [0.4, 0.5) is 0 Å². The zero-order valence-electron chi connectivity index (χ0n) is 9.63. The molecule has 2 aromatic rings. The van der Waals surface area contributed by atoms with Gasteiger partial charge in [0.15, 0.2) is 0 Å². The van der Waals surface area contributed by atoms with E-state index in [1.165, 1.54) is 28.4 Å². The van der Waals surface area contributed by atoms with Gasteiger partial charge in [-0.3, -0.25) is 4.79 Å². The fourth-order valence-electron chi connectivity index (χ4n) is 1.52. The first-order valence-electron chi connectivity index (χ1n) is 5.19. The van der Waals surface area contributed by atoms with Crippen molar-refractivity contribution in [2.45, 2.75) is 6.54 Å². The number of nitrogens with zero attached hydrogens (tertiary/aromatic N) is 2. The van der Waals surface area contributed by atoms with Crippen molar-refractivity contribution in [1.82, 2.24) is 9.88 Å². The van der Waals surface area contributed by atoms with Gasteiger partial charge in [-0.2, -0.15) is 0 Å². The van der Waals surface area contributed by atoms with E-state index in [1.54, 1.807) is 18.6 Å². The maximum absolute atomic E-state index is 12.1. The summed E-state index contributed by atoms with van der Waals surface area (Å²) in [4.78, 5) is 17.7. The number of carbonyl (C=O) groups excluding carboxylic acids is 1. The lowest BCUT2D eigenvalue weighted by Gasteiger charge is -2.16. The first kappa shape index (κ1) is 12.9. The van der Waals surface area contributed by atoms with Crippen molar-refractivity contribution in [1.29, 1.82) is 0 Å². The van der Waals surface area contributed by atoms with Crippen molar-refractivity contribution in [3.63, 3.8) is 0 Å². The first-order valence-corrected chi connectivity index (χ1v) is 6.51. The standard InChI is InChI=1S/C12H11ClN2O2S/c1-15(5-9-6-18-7-14-9)12(17)10-3-2-8(13)4-11(10)16/h2-4,6-7,16H,5H2,1H3. The maximum atomic E-state index is 12.1. The number of hydrogen-bond donors (Lipinski definition) is 1. The van der Waals surface area contributed by atoms with Crippen LogP contribution in [0.5, 0.6) is 5.75 Å². The summed E-state index contributed by atoms with van der Waals surface area (Å²) in [5, 5.41) is 12.0. The molecule has 94 valence electrons. The van der Waals surface area contributed by atoms with Crippen LogP contribution in [0.3, 0.4) is 0 Å². The molecular weight excluding hydrogens is 272 g/mol. The Kier molecular flexibility index (Phi) is 3.84. The van der Waals surface area contributed by atoms with Gasteiger partial charge >= 0.3 is 0 Å². The molecule has 2 rings (SSSR count). The lowest BCUT2D eigenvalue weighted by Crippen LogP contribution is -2.26. The predicted octanol–water partition coefficient (Wildman–Crippen LogP) is 2.77. The van der Waals surface area contributed by atoms with Crippen LogP contribution >= 0.6 is 22.9 Å². The number of aromatic nitrogens is 1. The molecule has 0 radical (unpaired) electrons. The average molecular weight is 283 g/mol. The van der Waals surface area contributed by atoms with Crippen molar-refractivity contribution in [3.8, 4) is 5.75 Å². The average Bonchev–Trinajstić information content (AvgIpc) is 2.81. The van der Waals surface area contributed by atoms with Crippen LogP contribution in [-0.4, -0.2) is 27.9 Å². The molecule has 0 aliphatic carbocycles. The van der Waals surface area contributed by atoms with Crippen molar-refractivity contribution in [3.05, 3.63) is 45.4 Å². The largest absolute Gasteiger partial charge is 0.507 e. The minimum atomic E-state index is -0.267. The van der Waals surface area contributed by atoms with E-state index in [0.29, 0.717) is 11.6 Å². The smallest absolute Gasteiger partial charge is 0.257 e. The third-order valence-electron chi connectivity index (χ3n) is 2.42. The molecule has 0 fully saturated rings. The normalized spacial score (nSPS) is 10.3. The molecule has 0 atom stereocenters. The second kappa shape index (κ2) is 5.37. The Labute approximate surface area is 113 Å². The molecule has 1 N–H and O–H groups in total. The monoisotopic (exact) mass is 282 g/mol. The first-order chi connectivity index (χ1) is 8.58. The molecule has 0 saturated heterocycles. The lowest BCUT2D eigenvalue weighted by atomic mass is 10.2. The van der Waals surface area contributed by atoms with Crippen molar-refractivity contribution < 1.29 is 9.90 Å². The predicted molar refractivity (Wildman–Crippen MR) is 71.0 cm³/mol. The van der Waals surface area contributed by atoms with Gasteiger partial charge < -0.3 is 10.0 Å². The van der Waals surface area contributed by atoms with E-state index in [4.69, 9.17) is 11.6 Å². The molecule has 0 bridgehead atoms. The van der Waals surface area contributed by atoms with Gasteiger partial charge in [0.2, 0.25) is 0 Å². The summed E-state index contributed by atoms with van der Waals surface area (Å²) in [5.74, 6) is -0.380. The van der Waals surface area contributed by atoms with Gasteiger partial charge in [-0.15, -0.1) is 11.3 Å². The molecule has 0 spiro atoms. The van der Waals surface area contributed by atoms with Crippen molar-refractivity contribution >= 4 is 28.8 Å². The summed E-state index contributed by atoms with van der Waals surface area (Å²) in [7, 11) is 1.66. The Morgan fingerprint density at radius 2 is 2.33 bits per heavy atom. The van der Waals surface area contributed by atoms with Gasteiger partial charge in [-0.1, -0.05) is 11.6 Å². The Morgan fingerprint density at radius 1 is 1.56 bits per heavy atom. The van der Waals surface area contributed by atoms with Crippen LogP contribution < -0.4 is 0 Å². The summed E-state index contributed by atoms with van der Waals surface area (Å²) in [5.41, 5.74) is 2.77. The van der Waals surface area contributed by atoms with Gasteiger partial charge in [0, 0.05) is 17.5 Å². The lowest BCUT2D eigenvalue weighted by molar-refractivity contribution is 0.0780. The number of phenolic OH excluding ortho intramolecular Hbond substituents is 1. The summed E-state index contributed by atoms with van der Waals surface area (Å²) in [6, 6.07) is 4.44. The number of benzene rings is 1. The van der Waals surface area contributed by atoms with E-state index < -0.39 is 0 Å². The van der Waals surface area contributed by atoms with Crippen molar-refractivity contribution in [2.24, 2.45) is 0 Å². The Morgan fingerprint density at radius 3 is 2.94 bits per heavy atom. The van der Waals surface area contributed by atoms with Gasteiger partial charge in [0.05, 0.1) is 23.3 Å². The number of phenols is 1. The molecule has 1 heterocycles. The van der Waals surface area contributed by atoms with E-state index in [1.807, 2.05) is 5.38 Å². The molecule has 1 amide bonds. The summed E-state index contributed by atoms with van der Waals surface area (Å²) in [6.07, 6.45) is 0. The van der Waals surface area contributed by atoms with E-state index in [2.05, 4.69) is 4.98 Å². The maximum Gasteiger partial charge on any atom is 0.257 e. The Balaban J connectivity index is 2.15. The topological polar surface area (TPSA) is 53.4 Å². The zero-order valence-corrected chi connectivity index (χ0v) is 11.2. The molecule has 0 aliphatic heterocycles. The minimum Gasteiger partial charge on any atom is -0.507 e. The van der Waals surface area contributed by atoms with E-state index >= 15 is 0 Å². The highest BCUT2D eigenvalue weighted by molar-refractivity contribution is 7.07. The van der Waals surface area contributed by atoms with Crippen LogP contribution in [-0.2, 0) is 6.54 Å². The number of hydrogen-bond acceptors (Lipinski definition) is 4. The molecule has 18 heavy (non-hydrogen) atoms. The SMILES string of the molecule is CN(Cc1cscn1)C(=O)c1ccc(Cl)cc1O. The van der Waals surface area contributed by atoms with E-state index in [9.17, 15) is 9.90 Å². The van der Waals surface area contributed by atoms with E-state index in [0.717, 1.165) is 5.69 Å². The third kappa shape index (κ3) is 2.80. The number of aromatic hydroxyl groups is 1. The minimum absolute atomic E-state index is 0.113. The molecule has 0 unspecified atom stereocenters. The fraction of sp³-hybridized carbons (Fsp3) is 0.167. The molecule has 0 saturated carbocycles. The summed E-state index contributed by atoms with van der Waals surface area (Å²) >= 11 is 7.20. The Bertz CT molecular complexity index is 557. The van der Waals surface area contributed by atoms with Gasteiger partial charge in [0.25, 0.3) is 5.91 Å². The zero-order chi connectivity index (χ0) is 13.1. The van der Waals surface area contributed by atoms with Crippen LogP contribution in [0, 0.1) is 0 Å². The van der Waals surface area contributed by atoms with Crippen LogP contribution in [0.1, 0.15) is 16.1 Å². The molecule has 1 aromatic heterocycles. The van der Waals surface area contributed by atoms with Crippen LogP contribution in [0.2, 0.25) is 5.02 Å². The third-order valence-corrected chi connectivity index (χ3v) is 3.29.